The van der Waals surface area contributed by atoms with Crippen molar-refractivity contribution in [3.05, 3.63) is 163 Å². The van der Waals surface area contributed by atoms with Gasteiger partial charge in [-0.3, -0.25) is 0 Å². The van der Waals surface area contributed by atoms with Crippen molar-refractivity contribution in [3.8, 4) is 40.1 Å². The Morgan fingerprint density at radius 2 is 1.00 bits per heavy atom. The minimum Gasteiger partial charge on any atom is -0.456 e. The van der Waals surface area contributed by atoms with Crippen molar-refractivity contribution < 1.29 is 4.42 Å². The van der Waals surface area contributed by atoms with Crippen LogP contribution in [0.5, 0.6) is 0 Å². The number of fused-ring (bicyclic) bond motifs is 8. The van der Waals surface area contributed by atoms with Gasteiger partial charge in [-0.25, -0.2) is 0 Å². The number of hydrogen-bond acceptors (Lipinski definition) is 3. The van der Waals surface area contributed by atoms with Crippen LogP contribution in [0.25, 0.3) is 93.2 Å². The molecule has 0 aliphatic heterocycles. The first-order valence-electron chi connectivity index (χ1n) is 16.5. The molecule has 2 aromatic heterocycles. The van der Waals surface area contributed by atoms with Gasteiger partial charge in [-0.05, 0) is 111 Å². The second-order valence-corrected chi connectivity index (χ2v) is 12.7. The van der Waals surface area contributed by atoms with E-state index in [1.165, 1.54) is 32.7 Å². The average Bonchev–Trinajstić information content (AvgIpc) is 3.71. The van der Waals surface area contributed by atoms with Crippen molar-refractivity contribution in [3.63, 3.8) is 0 Å². The molecule has 0 spiro atoms. The number of benzene rings is 8. The Labute approximate surface area is 286 Å². The standard InChI is InChI=1S/C46H25N3O/c47-26-28-12-18-43-39(22-28)40-24-31(14-19-44(40)49(43)32-15-21-46-42(25-32)41-23-29(27-48)13-20-45(41)50-46)34-16-17-38(37-10-4-3-9-35(34)37)36-11-5-7-30-6-1-2-8-33(30)36/h1-25H. The summed E-state index contributed by atoms with van der Waals surface area (Å²) in [7, 11) is 0. The summed E-state index contributed by atoms with van der Waals surface area (Å²) in [6, 6.07) is 57.1. The van der Waals surface area contributed by atoms with Gasteiger partial charge in [0.2, 0.25) is 0 Å². The molecule has 2 heterocycles. The van der Waals surface area contributed by atoms with E-state index in [4.69, 9.17) is 4.42 Å². The maximum absolute atomic E-state index is 9.88. The van der Waals surface area contributed by atoms with E-state index in [0.29, 0.717) is 11.1 Å². The second kappa shape index (κ2) is 10.7. The molecular formula is C46H25N3O. The minimum atomic E-state index is 0.594. The van der Waals surface area contributed by atoms with Crippen LogP contribution in [0.3, 0.4) is 0 Å². The molecule has 0 atom stereocenters. The third-order valence-corrected chi connectivity index (χ3v) is 10.0. The average molecular weight is 636 g/mol. The highest BCUT2D eigenvalue weighted by molar-refractivity contribution is 6.14. The minimum absolute atomic E-state index is 0.594. The van der Waals surface area contributed by atoms with Crippen LogP contribution in [0.4, 0.5) is 0 Å². The number of aromatic nitrogens is 1. The Balaban J connectivity index is 1.20. The first-order valence-corrected chi connectivity index (χ1v) is 16.5. The zero-order chi connectivity index (χ0) is 33.3. The first-order chi connectivity index (χ1) is 24.7. The Hall–Kier alpha value is -7.14. The van der Waals surface area contributed by atoms with E-state index in [-0.39, 0.29) is 0 Å². The zero-order valence-electron chi connectivity index (χ0n) is 26.7. The van der Waals surface area contributed by atoms with Gasteiger partial charge >= 0.3 is 0 Å². The van der Waals surface area contributed by atoms with Crippen LogP contribution in [0, 0.1) is 22.7 Å². The largest absolute Gasteiger partial charge is 0.456 e. The Morgan fingerprint density at radius 3 is 1.80 bits per heavy atom. The normalized spacial score (nSPS) is 11.6. The predicted octanol–water partition coefficient (Wildman–Crippen LogP) is 12.1. The summed E-state index contributed by atoms with van der Waals surface area (Å²) in [6.07, 6.45) is 0. The lowest BCUT2D eigenvalue weighted by Gasteiger charge is -2.14. The summed E-state index contributed by atoms with van der Waals surface area (Å²) in [5.74, 6) is 0. The summed E-state index contributed by atoms with van der Waals surface area (Å²) >= 11 is 0. The molecule has 4 heteroatoms. The van der Waals surface area contributed by atoms with Crippen molar-refractivity contribution in [1.82, 2.24) is 4.57 Å². The fourth-order valence-electron chi connectivity index (χ4n) is 7.76. The molecule has 0 aliphatic rings. The van der Waals surface area contributed by atoms with E-state index in [1.54, 1.807) is 6.07 Å². The van der Waals surface area contributed by atoms with Crippen LogP contribution in [-0.2, 0) is 0 Å². The van der Waals surface area contributed by atoms with Gasteiger partial charge in [-0.2, -0.15) is 10.5 Å². The van der Waals surface area contributed by atoms with Crippen molar-refractivity contribution in [1.29, 1.82) is 10.5 Å². The molecule has 0 radical (unpaired) electrons. The van der Waals surface area contributed by atoms with Gasteiger partial charge in [-0.15, -0.1) is 0 Å². The summed E-state index contributed by atoms with van der Waals surface area (Å²) in [5.41, 5.74) is 10.5. The van der Waals surface area contributed by atoms with Gasteiger partial charge in [0.25, 0.3) is 0 Å². The molecular weight excluding hydrogens is 611 g/mol. The Bertz CT molecular complexity index is 3120. The molecule has 0 aliphatic carbocycles. The van der Waals surface area contributed by atoms with Gasteiger partial charge in [0.15, 0.2) is 0 Å². The maximum Gasteiger partial charge on any atom is 0.135 e. The number of nitrogens with zero attached hydrogens (tertiary/aromatic N) is 3. The van der Waals surface area contributed by atoms with Gasteiger partial charge in [-0.1, -0.05) is 84.9 Å². The van der Waals surface area contributed by atoms with Gasteiger partial charge < -0.3 is 8.98 Å². The first kappa shape index (κ1) is 27.9. The van der Waals surface area contributed by atoms with Crippen molar-refractivity contribution in [2.75, 3.05) is 0 Å². The third kappa shape index (κ3) is 4.10. The van der Waals surface area contributed by atoms with E-state index in [1.807, 2.05) is 36.4 Å². The monoisotopic (exact) mass is 635 g/mol. The van der Waals surface area contributed by atoms with E-state index in [9.17, 15) is 10.5 Å². The highest BCUT2D eigenvalue weighted by atomic mass is 16.3. The van der Waals surface area contributed by atoms with Gasteiger partial charge in [0, 0.05) is 27.2 Å². The molecule has 50 heavy (non-hydrogen) atoms. The highest BCUT2D eigenvalue weighted by Crippen LogP contribution is 2.41. The quantitative estimate of drug-likeness (QED) is 0.194. The lowest BCUT2D eigenvalue weighted by Crippen LogP contribution is -1.93. The van der Waals surface area contributed by atoms with Crippen LogP contribution in [-0.4, -0.2) is 4.57 Å². The molecule has 0 unspecified atom stereocenters. The van der Waals surface area contributed by atoms with Crippen molar-refractivity contribution >= 4 is 65.3 Å². The molecule has 4 nitrogen and oxygen atoms in total. The van der Waals surface area contributed by atoms with Crippen molar-refractivity contribution in [2.24, 2.45) is 0 Å². The maximum atomic E-state index is 9.88. The van der Waals surface area contributed by atoms with Crippen LogP contribution in [0.1, 0.15) is 11.1 Å². The topological polar surface area (TPSA) is 65.7 Å². The molecule has 10 aromatic rings. The van der Waals surface area contributed by atoms with E-state index in [0.717, 1.165) is 60.6 Å². The number of nitriles is 2. The van der Waals surface area contributed by atoms with Gasteiger partial charge in [0.05, 0.1) is 34.3 Å². The molecule has 10 rings (SSSR count). The molecule has 0 fully saturated rings. The lowest BCUT2D eigenvalue weighted by molar-refractivity contribution is 0.669. The number of rotatable bonds is 3. The molecule has 0 bridgehead atoms. The predicted molar refractivity (Wildman–Crippen MR) is 203 cm³/mol. The summed E-state index contributed by atoms with van der Waals surface area (Å²) in [6.45, 7) is 0. The number of hydrogen-bond donors (Lipinski definition) is 0. The molecule has 0 saturated carbocycles. The smallest absolute Gasteiger partial charge is 0.135 e. The summed E-state index contributed by atoms with van der Waals surface area (Å²) in [5, 5.41) is 28.2. The number of furan rings is 1. The van der Waals surface area contributed by atoms with Crippen molar-refractivity contribution in [2.45, 2.75) is 0 Å². The molecule has 0 N–H and O–H groups in total. The van der Waals surface area contributed by atoms with Crippen LogP contribution in [0.15, 0.2) is 156 Å². The van der Waals surface area contributed by atoms with Crippen LogP contribution >= 0.6 is 0 Å². The molecule has 0 amide bonds. The molecule has 8 aromatic carbocycles. The van der Waals surface area contributed by atoms with E-state index < -0.39 is 0 Å². The Kier molecular flexibility index (Phi) is 5.97. The van der Waals surface area contributed by atoms with Gasteiger partial charge in [0.1, 0.15) is 11.2 Å². The zero-order valence-corrected chi connectivity index (χ0v) is 26.7. The molecule has 0 saturated heterocycles. The Morgan fingerprint density at radius 1 is 0.420 bits per heavy atom. The van der Waals surface area contributed by atoms with E-state index in [2.05, 4.69) is 126 Å². The highest BCUT2D eigenvalue weighted by Gasteiger charge is 2.18. The second-order valence-electron chi connectivity index (χ2n) is 12.7. The summed E-state index contributed by atoms with van der Waals surface area (Å²) < 4.78 is 8.39. The lowest BCUT2D eigenvalue weighted by atomic mass is 9.90. The SMILES string of the molecule is N#Cc1ccc2oc3ccc(-n4c5ccc(C#N)cc5c5cc(-c6ccc(-c7cccc8ccccc78)c7ccccc67)ccc54)cc3c2c1. The fourth-order valence-corrected chi connectivity index (χ4v) is 7.76. The van der Waals surface area contributed by atoms with Crippen LogP contribution < -0.4 is 0 Å². The fraction of sp³-hybridized carbons (Fsp3) is 0. The van der Waals surface area contributed by atoms with E-state index >= 15 is 0 Å². The summed E-state index contributed by atoms with van der Waals surface area (Å²) in [4.78, 5) is 0. The van der Waals surface area contributed by atoms with Crippen LogP contribution in [0.2, 0.25) is 0 Å². The third-order valence-electron chi connectivity index (χ3n) is 10.0. The molecule has 230 valence electrons.